The number of benzene rings is 1. The zero-order valence-electron chi connectivity index (χ0n) is 13.8. The molecule has 1 aromatic carbocycles. The third kappa shape index (κ3) is 3.50. The lowest BCUT2D eigenvalue weighted by Gasteiger charge is -2.32. The third-order valence-electron chi connectivity index (χ3n) is 5.53. The second-order valence-corrected chi connectivity index (χ2v) is 8.70. The van der Waals surface area contributed by atoms with Crippen molar-refractivity contribution in [3.8, 4) is 0 Å². The summed E-state index contributed by atoms with van der Waals surface area (Å²) < 4.78 is 2.44. The third-order valence-corrected chi connectivity index (χ3v) is 6.73. The topological polar surface area (TPSA) is 67.2 Å². The number of aromatic nitrogens is 2. The number of fused-ring (bicyclic) bond motifs is 1. The molecular formula is C18H21BrClN3O2. The van der Waals surface area contributed by atoms with E-state index >= 15 is 0 Å². The van der Waals surface area contributed by atoms with Crippen molar-refractivity contribution in [2.45, 2.75) is 50.8 Å². The molecule has 2 fully saturated rings. The first-order chi connectivity index (χ1) is 12.0. The van der Waals surface area contributed by atoms with E-state index in [0.29, 0.717) is 22.5 Å². The van der Waals surface area contributed by atoms with Gasteiger partial charge in [0.25, 0.3) is 5.56 Å². The fourth-order valence-electron chi connectivity index (χ4n) is 3.84. The molecule has 7 heteroatoms. The van der Waals surface area contributed by atoms with Crippen LogP contribution in [0.4, 0.5) is 0 Å². The number of hydrogen-bond acceptors (Lipinski definition) is 4. The first-order valence-electron chi connectivity index (χ1n) is 8.73. The molecule has 25 heavy (non-hydrogen) atoms. The Balaban J connectivity index is 1.59. The van der Waals surface area contributed by atoms with Crippen molar-refractivity contribution in [1.29, 1.82) is 0 Å². The Labute approximate surface area is 159 Å². The summed E-state index contributed by atoms with van der Waals surface area (Å²) in [4.78, 5) is 17.3. The van der Waals surface area contributed by atoms with Crippen LogP contribution in [0.15, 0.2) is 27.7 Å². The quantitative estimate of drug-likeness (QED) is 0.788. The average Bonchev–Trinajstić information content (AvgIpc) is 3.34. The molecule has 1 aromatic heterocycles. The minimum atomic E-state index is -0.283. The van der Waals surface area contributed by atoms with Gasteiger partial charge in [0.2, 0.25) is 0 Å². The van der Waals surface area contributed by atoms with Crippen LogP contribution in [-0.2, 0) is 6.54 Å². The normalized spacial score (nSPS) is 25.2. The molecule has 2 aromatic rings. The lowest BCUT2D eigenvalue weighted by atomic mass is 9.89. The monoisotopic (exact) mass is 425 g/mol. The fraction of sp³-hybridized carbons (Fsp3) is 0.556. The Bertz CT molecular complexity index is 865. The van der Waals surface area contributed by atoms with E-state index in [9.17, 15) is 9.90 Å². The number of halogens is 2. The van der Waals surface area contributed by atoms with Crippen LogP contribution in [0.5, 0.6) is 0 Å². The number of aliphatic hydroxyl groups excluding tert-OH is 1. The zero-order chi connectivity index (χ0) is 17.6. The van der Waals surface area contributed by atoms with Gasteiger partial charge >= 0.3 is 0 Å². The number of piperidine rings is 1. The summed E-state index contributed by atoms with van der Waals surface area (Å²) in [6, 6.07) is 3.59. The molecule has 0 spiro atoms. The fourth-order valence-corrected chi connectivity index (χ4v) is 4.34. The van der Waals surface area contributed by atoms with E-state index < -0.39 is 0 Å². The number of nitrogens with zero attached hydrogens (tertiary/aromatic N) is 2. The van der Waals surface area contributed by atoms with Crippen molar-refractivity contribution in [2.24, 2.45) is 5.41 Å². The molecule has 2 heterocycles. The molecule has 0 bridgehead atoms. The summed E-state index contributed by atoms with van der Waals surface area (Å²) in [7, 11) is 0. The van der Waals surface area contributed by atoms with Gasteiger partial charge in [0.15, 0.2) is 0 Å². The average molecular weight is 427 g/mol. The molecule has 1 saturated heterocycles. The van der Waals surface area contributed by atoms with E-state index in [1.807, 2.05) is 0 Å². The van der Waals surface area contributed by atoms with Gasteiger partial charge in [0, 0.05) is 17.1 Å². The van der Waals surface area contributed by atoms with Crippen LogP contribution in [0.1, 0.15) is 32.1 Å². The number of aliphatic hydroxyl groups is 1. The Morgan fingerprint density at radius 2 is 2.24 bits per heavy atom. The zero-order valence-corrected chi connectivity index (χ0v) is 16.2. The smallest absolute Gasteiger partial charge is 0.261 e. The molecule has 134 valence electrons. The summed E-state index contributed by atoms with van der Waals surface area (Å²) in [6.07, 6.45) is 6.31. The number of rotatable bonds is 4. The number of nitrogens with one attached hydrogen (secondary N) is 1. The maximum absolute atomic E-state index is 12.8. The Morgan fingerprint density at radius 3 is 2.96 bits per heavy atom. The van der Waals surface area contributed by atoms with Gasteiger partial charge in [-0.3, -0.25) is 9.36 Å². The highest BCUT2D eigenvalue weighted by Crippen LogP contribution is 2.51. The molecule has 2 aliphatic rings. The molecule has 2 atom stereocenters. The molecule has 1 aliphatic heterocycles. The minimum Gasteiger partial charge on any atom is -0.392 e. The van der Waals surface area contributed by atoms with Crippen LogP contribution in [0, 0.1) is 5.41 Å². The highest BCUT2D eigenvalue weighted by atomic mass is 79.9. The van der Waals surface area contributed by atoms with Gasteiger partial charge in [-0.05, 0) is 72.1 Å². The predicted molar refractivity (Wildman–Crippen MR) is 102 cm³/mol. The van der Waals surface area contributed by atoms with Crippen LogP contribution in [0.25, 0.3) is 10.9 Å². The van der Waals surface area contributed by atoms with E-state index in [0.717, 1.165) is 43.1 Å². The SMILES string of the molecule is O=c1c2cc(Cl)c(Br)cc2ncn1CC1(C[C@H]2NCCC[C@@H]2O)CC1. The second-order valence-electron chi connectivity index (χ2n) is 7.44. The highest BCUT2D eigenvalue weighted by molar-refractivity contribution is 9.10. The van der Waals surface area contributed by atoms with Crippen molar-refractivity contribution in [3.05, 3.63) is 38.3 Å². The summed E-state index contributed by atoms with van der Waals surface area (Å²) in [5, 5.41) is 14.7. The summed E-state index contributed by atoms with van der Waals surface area (Å²) in [6.45, 7) is 1.61. The van der Waals surface area contributed by atoms with Gasteiger partial charge in [-0.25, -0.2) is 4.98 Å². The van der Waals surface area contributed by atoms with Crippen molar-refractivity contribution in [3.63, 3.8) is 0 Å². The summed E-state index contributed by atoms with van der Waals surface area (Å²) in [5.74, 6) is 0. The summed E-state index contributed by atoms with van der Waals surface area (Å²) >= 11 is 9.51. The van der Waals surface area contributed by atoms with E-state index in [1.54, 1.807) is 23.0 Å². The van der Waals surface area contributed by atoms with Gasteiger partial charge in [-0.2, -0.15) is 0 Å². The molecule has 1 saturated carbocycles. The number of hydrogen-bond donors (Lipinski definition) is 2. The van der Waals surface area contributed by atoms with Crippen LogP contribution in [-0.4, -0.2) is 33.3 Å². The molecule has 1 aliphatic carbocycles. The maximum Gasteiger partial charge on any atom is 0.261 e. The molecule has 0 amide bonds. The highest BCUT2D eigenvalue weighted by Gasteiger charge is 2.46. The van der Waals surface area contributed by atoms with Gasteiger partial charge in [0.1, 0.15) is 0 Å². The van der Waals surface area contributed by atoms with Crippen molar-refractivity contribution in [1.82, 2.24) is 14.9 Å². The van der Waals surface area contributed by atoms with Crippen LogP contribution >= 0.6 is 27.5 Å². The second kappa shape index (κ2) is 6.65. The van der Waals surface area contributed by atoms with Crippen molar-refractivity contribution >= 4 is 38.4 Å². The van der Waals surface area contributed by atoms with Crippen molar-refractivity contribution < 1.29 is 5.11 Å². The molecular weight excluding hydrogens is 406 g/mol. The van der Waals surface area contributed by atoms with E-state index in [1.165, 1.54) is 0 Å². The first kappa shape index (κ1) is 17.5. The lowest BCUT2D eigenvalue weighted by Crippen LogP contribution is -2.46. The van der Waals surface area contributed by atoms with Crippen LogP contribution < -0.4 is 10.9 Å². The summed E-state index contributed by atoms with van der Waals surface area (Å²) in [5.41, 5.74) is 0.684. The Hall–Kier alpha value is -0.950. The van der Waals surface area contributed by atoms with Gasteiger partial charge in [-0.15, -0.1) is 0 Å². The standard InChI is InChI=1S/C18H21BrClN3O2/c19-12-7-14-11(6-13(12)20)17(25)23(10-22-14)9-18(3-4-18)8-15-16(24)2-1-5-21-15/h6-7,10,15-16,21,24H,1-5,8-9H2/t15-,16+/m1/s1. The van der Waals surface area contributed by atoms with Crippen molar-refractivity contribution in [2.75, 3.05) is 6.54 Å². The predicted octanol–water partition coefficient (Wildman–Crippen LogP) is 3.10. The molecule has 4 rings (SSSR count). The minimum absolute atomic E-state index is 0.0529. The van der Waals surface area contributed by atoms with E-state index in [4.69, 9.17) is 11.6 Å². The molecule has 0 unspecified atom stereocenters. The van der Waals surface area contributed by atoms with Gasteiger partial charge in [0.05, 0.1) is 28.4 Å². The van der Waals surface area contributed by atoms with Crippen LogP contribution in [0.2, 0.25) is 5.02 Å². The van der Waals surface area contributed by atoms with Gasteiger partial charge in [-0.1, -0.05) is 11.6 Å². The van der Waals surface area contributed by atoms with E-state index in [2.05, 4.69) is 26.2 Å². The lowest BCUT2D eigenvalue weighted by molar-refractivity contribution is 0.0793. The van der Waals surface area contributed by atoms with Gasteiger partial charge < -0.3 is 10.4 Å². The molecule has 2 N–H and O–H groups in total. The largest absolute Gasteiger partial charge is 0.392 e. The Morgan fingerprint density at radius 1 is 1.44 bits per heavy atom. The first-order valence-corrected chi connectivity index (χ1v) is 9.90. The molecule has 0 radical (unpaired) electrons. The van der Waals surface area contributed by atoms with Crippen LogP contribution in [0.3, 0.4) is 0 Å². The van der Waals surface area contributed by atoms with E-state index in [-0.39, 0.29) is 23.1 Å². The maximum atomic E-state index is 12.8. The molecule has 5 nitrogen and oxygen atoms in total. The Kier molecular flexibility index (Phi) is 4.65.